The Bertz CT molecular complexity index is 738. The average Bonchev–Trinajstić information content (AvgIpc) is 2.50. The lowest BCUT2D eigenvalue weighted by Crippen LogP contribution is -2.42. The van der Waals surface area contributed by atoms with Crippen LogP contribution in [0.3, 0.4) is 0 Å². The highest BCUT2D eigenvalue weighted by molar-refractivity contribution is 5.97. The number of nitrogens with one attached hydrogen (secondary N) is 1. The molecule has 1 rings (SSSR count). The van der Waals surface area contributed by atoms with Crippen LogP contribution in [-0.2, 0) is 26.7 Å². The Morgan fingerprint density at radius 2 is 1.52 bits per heavy atom. The third kappa shape index (κ3) is 6.99. The van der Waals surface area contributed by atoms with Crippen molar-refractivity contribution in [3.8, 4) is 0 Å². The van der Waals surface area contributed by atoms with Gasteiger partial charge in [0.25, 0.3) is 5.91 Å². The fourth-order valence-corrected chi connectivity index (χ4v) is 1.73. The fraction of sp³-hybridized carbons (Fsp3) is 0.267. The molecule has 0 saturated heterocycles. The lowest BCUT2D eigenvalue weighted by Gasteiger charge is -2.13. The van der Waals surface area contributed by atoms with Gasteiger partial charge in [-0.2, -0.15) is 26.3 Å². The van der Waals surface area contributed by atoms with Gasteiger partial charge in [-0.1, -0.05) is 0 Å². The van der Waals surface area contributed by atoms with E-state index in [1.165, 1.54) is 0 Å². The predicted molar refractivity (Wildman–Crippen MR) is 78.8 cm³/mol. The van der Waals surface area contributed by atoms with E-state index in [1.54, 1.807) is 5.32 Å². The van der Waals surface area contributed by atoms with Gasteiger partial charge in [0.1, 0.15) is 0 Å². The molecular formula is C15H12F6N2O4. The zero-order valence-corrected chi connectivity index (χ0v) is 13.4. The molecule has 0 fully saturated rings. The van der Waals surface area contributed by atoms with E-state index in [0.29, 0.717) is 24.3 Å². The van der Waals surface area contributed by atoms with E-state index in [4.69, 9.17) is 0 Å². The van der Waals surface area contributed by atoms with Crippen LogP contribution in [-0.4, -0.2) is 24.0 Å². The van der Waals surface area contributed by atoms with E-state index < -0.39 is 53.1 Å². The van der Waals surface area contributed by atoms with Crippen molar-refractivity contribution < 1.29 is 45.5 Å². The van der Waals surface area contributed by atoms with E-state index in [2.05, 4.69) is 10.5 Å². The SMILES string of the molecule is CC(OC(=O)/C=C/c1cc(C(F)(F)F)cc(C(F)(F)F)c1)C(=O)NC(N)=O. The van der Waals surface area contributed by atoms with Crippen LogP contribution in [0.5, 0.6) is 0 Å². The summed E-state index contributed by atoms with van der Waals surface area (Å²) >= 11 is 0. The smallest absolute Gasteiger partial charge is 0.416 e. The van der Waals surface area contributed by atoms with E-state index in [1.807, 2.05) is 0 Å². The summed E-state index contributed by atoms with van der Waals surface area (Å²) in [5.41, 5.74) is 1.01. The second-order valence-corrected chi connectivity index (χ2v) is 5.11. The monoisotopic (exact) mass is 398 g/mol. The lowest BCUT2D eigenvalue weighted by atomic mass is 10.0. The minimum atomic E-state index is -5.04. The van der Waals surface area contributed by atoms with Crippen LogP contribution >= 0.6 is 0 Å². The highest BCUT2D eigenvalue weighted by Gasteiger charge is 2.36. The summed E-state index contributed by atoms with van der Waals surface area (Å²) in [6, 6.07) is -0.460. The molecule has 0 aliphatic heterocycles. The first-order valence-corrected chi connectivity index (χ1v) is 6.98. The van der Waals surface area contributed by atoms with E-state index in [9.17, 15) is 40.7 Å². The van der Waals surface area contributed by atoms with Gasteiger partial charge in [0.05, 0.1) is 11.1 Å². The molecule has 0 aliphatic carbocycles. The quantitative estimate of drug-likeness (QED) is 0.463. The Morgan fingerprint density at radius 3 is 1.93 bits per heavy atom. The maximum Gasteiger partial charge on any atom is 0.416 e. The van der Waals surface area contributed by atoms with E-state index in [0.717, 1.165) is 6.92 Å². The van der Waals surface area contributed by atoms with Crippen LogP contribution in [0.25, 0.3) is 6.08 Å². The molecule has 0 aliphatic rings. The highest BCUT2D eigenvalue weighted by Crippen LogP contribution is 2.36. The van der Waals surface area contributed by atoms with Gasteiger partial charge in [-0.3, -0.25) is 10.1 Å². The maximum absolute atomic E-state index is 12.7. The summed E-state index contributed by atoms with van der Waals surface area (Å²) in [5, 5.41) is 1.62. The van der Waals surface area contributed by atoms with Gasteiger partial charge >= 0.3 is 24.4 Å². The average molecular weight is 398 g/mol. The van der Waals surface area contributed by atoms with Crippen molar-refractivity contribution >= 4 is 24.0 Å². The molecule has 0 heterocycles. The number of carbonyl (C=O) groups is 3. The Morgan fingerprint density at radius 1 is 1.04 bits per heavy atom. The molecule has 1 atom stereocenters. The summed E-state index contributed by atoms with van der Waals surface area (Å²) in [5.74, 6) is -2.31. The first-order chi connectivity index (χ1) is 12.2. The number of benzene rings is 1. The molecule has 1 unspecified atom stereocenters. The number of imide groups is 1. The Balaban J connectivity index is 3.01. The molecule has 0 aromatic heterocycles. The molecule has 0 radical (unpaired) electrons. The standard InChI is InChI=1S/C15H12F6N2O4/c1-7(12(25)23-13(22)26)27-11(24)3-2-8-4-9(14(16,17)18)6-10(5-8)15(19,20)21/h2-7H,1H3,(H3,22,23,25,26)/b3-2+. The molecular weight excluding hydrogens is 386 g/mol. The second-order valence-electron chi connectivity index (χ2n) is 5.11. The number of hydrogen-bond acceptors (Lipinski definition) is 4. The number of alkyl halides is 6. The number of halogens is 6. The van der Waals surface area contributed by atoms with Gasteiger partial charge < -0.3 is 10.5 Å². The summed E-state index contributed by atoms with van der Waals surface area (Å²) in [6.07, 6.45) is -10.4. The molecule has 148 valence electrons. The topological polar surface area (TPSA) is 98.5 Å². The van der Waals surface area contributed by atoms with Crippen molar-refractivity contribution in [2.75, 3.05) is 0 Å². The first kappa shape index (κ1) is 22.0. The van der Waals surface area contributed by atoms with Gasteiger partial charge in [-0.25, -0.2) is 9.59 Å². The van der Waals surface area contributed by atoms with Crippen molar-refractivity contribution in [2.24, 2.45) is 5.73 Å². The normalized spacial score (nSPS) is 13.3. The molecule has 12 heteroatoms. The number of ether oxygens (including phenoxy) is 1. The largest absolute Gasteiger partial charge is 0.449 e. The van der Waals surface area contributed by atoms with Crippen molar-refractivity contribution in [1.82, 2.24) is 5.32 Å². The van der Waals surface area contributed by atoms with Gasteiger partial charge in [-0.15, -0.1) is 0 Å². The minimum absolute atomic E-state index is 0.0636. The summed E-state index contributed by atoms with van der Waals surface area (Å²) in [7, 11) is 0. The van der Waals surface area contributed by atoms with E-state index in [-0.39, 0.29) is 6.07 Å². The van der Waals surface area contributed by atoms with Crippen LogP contribution in [0.2, 0.25) is 0 Å². The number of amides is 3. The van der Waals surface area contributed by atoms with Gasteiger partial charge in [0.15, 0.2) is 6.10 Å². The van der Waals surface area contributed by atoms with Crippen molar-refractivity contribution in [3.63, 3.8) is 0 Å². The van der Waals surface area contributed by atoms with Gasteiger partial charge in [0.2, 0.25) is 0 Å². The van der Waals surface area contributed by atoms with Crippen LogP contribution < -0.4 is 11.1 Å². The number of urea groups is 1. The molecule has 0 saturated carbocycles. The molecule has 0 spiro atoms. The number of nitrogens with two attached hydrogens (primary N) is 1. The third-order valence-electron chi connectivity index (χ3n) is 2.93. The predicted octanol–water partition coefficient (Wildman–Crippen LogP) is 2.86. The number of primary amides is 1. The zero-order chi connectivity index (χ0) is 21.0. The molecule has 1 aromatic carbocycles. The molecule has 0 bridgehead atoms. The second kappa shape index (κ2) is 8.10. The number of carbonyl (C=O) groups excluding carboxylic acids is 3. The summed E-state index contributed by atoms with van der Waals surface area (Å²) < 4.78 is 80.9. The molecule has 1 aromatic rings. The lowest BCUT2D eigenvalue weighted by molar-refractivity contribution is -0.149. The Labute approximate surface area is 148 Å². The summed E-state index contributed by atoms with van der Waals surface area (Å²) in [4.78, 5) is 33.3. The van der Waals surface area contributed by atoms with Crippen molar-refractivity contribution in [2.45, 2.75) is 25.4 Å². The first-order valence-electron chi connectivity index (χ1n) is 6.98. The summed E-state index contributed by atoms with van der Waals surface area (Å²) in [6.45, 7) is 1.07. The van der Waals surface area contributed by atoms with Crippen molar-refractivity contribution in [3.05, 3.63) is 41.0 Å². The Hall–Kier alpha value is -3.05. The van der Waals surface area contributed by atoms with Crippen LogP contribution in [0.15, 0.2) is 24.3 Å². The molecule has 27 heavy (non-hydrogen) atoms. The van der Waals surface area contributed by atoms with Crippen LogP contribution in [0.4, 0.5) is 31.1 Å². The number of hydrogen-bond donors (Lipinski definition) is 2. The van der Waals surface area contributed by atoms with Crippen molar-refractivity contribution in [1.29, 1.82) is 0 Å². The van der Waals surface area contributed by atoms with Crippen LogP contribution in [0, 0.1) is 0 Å². The highest BCUT2D eigenvalue weighted by atomic mass is 19.4. The molecule has 3 N–H and O–H groups in total. The molecule has 3 amide bonds. The minimum Gasteiger partial charge on any atom is -0.449 e. The maximum atomic E-state index is 12.7. The zero-order valence-electron chi connectivity index (χ0n) is 13.4. The van der Waals surface area contributed by atoms with Gasteiger partial charge in [-0.05, 0) is 36.8 Å². The van der Waals surface area contributed by atoms with Crippen LogP contribution in [0.1, 0.15) is 23.6 Å². The molecule has 6 nitrogen and oxygen atoms in total. The number of rotatable bonds is 4. The fourth-order valence-electron chi connectivity index (χ4n) is 1.73. The van der Waals surface area contributed by atoms with E-state index >= 15 is 0 Å². The Kier molecular flexibility index (Phi) is 6.60. The number of esters is 1. The van der Waals surface area contributed by atoms with Gasteiger partial charge in [0, 0.05) is 6.08 Å². The third-order valence-corrected chi connectivity index (χ3v) is 2.93.